The third-order valence-corrected chi connectivity index (χ3v) is 9.41. The summed E-state index contributed by atoms with van der Waals surface area (Å²) in [5.74, 6) is 0.272. The molecule has 0 aliphatic carbocycles. The Hall–Kier alpha value is -4.66. The quantitative estimate of drug-likeness (QED) is 0.449. The van der Waals surface area contributed by atoms with Gasteiger partial charge in [0.1, 0.15) is 22.6 Å². The molecule has 52 heavy (non-hydrogen) atoms. The van der Waals surface area contributed by atoms with Crippen molar-refractivity contribution in [2.75, 3.05) is 51.1 Å². The fourth-order valence-electron chi connectivity index (χ4n) is 6.95. The zero-order valence-corrected chi connectivity index (χ0v) is 31.7. The molecule has 3 aliphatic rings. The first-order valence-electron chi connectivity index (χ1n) is 18.1. The maximum absolute atomic E-state index is 13.2. The van der Waals surface area contributed by atoms with E-state index in [0.717, 1.165) is 44.6 Å². The van der Waals surface area contributed by atoms with Gasteiger partial charge < -0.3 is 29.5 Å². The molecule has 1 aromatic carbocycles. The van der Waals surface area contributed by atoms with Crippen LogP contribution < -0.4 is 16.3 Å². The van der Waals surface area contributed by atoms with Gasteiger partial charge in [-0.15, -0.1) is 0 Å². The first-order chi connectivity index (χ1) is 24.3. The van der Waals surface area contributed by atoms with Crippen molar-refractivity contribution in [3.05, 3.63) is 52.6 Å². The third-order valence-electron chi connectivity index (χ3n) is 9.41. The highest BCUT2D eigenvalue weighted by molar-refractivity contribution is 5.90. The average Bonchev–Trinajstić information content (AvgIpc) is 3.47. The largest absolute Gasteiger partial charge is 0.444 e. The van der Waals surface area contributed by atoms with Crippen molar-refractivity contribution >= 4 is 29.9 Å². The monoisotopic (exact) mass is 722 g/mol. The van der Waals surface area contributed by atoms with Crippen molar-refractivity contribution in [3.63, 3.8) is 0 Å². The van der Waals surface area contributed by atoms with Crippen LogP contribution in [0.3, 0.4) is 0 Å². The summed E-state index contributed by atoms with van der Waals surface area (Å²) in [4.78, 5) is 75.7. The highest BCUT2D eigenvalue weighted by Crippen LogP contribution is 2.33. The molecule has 2 atom stereocenters. The van der Waals surface area contributed by atoms with Crippen LogP contribution in [0, 0.1) is 5.92 Å². The van der Waals surface area contributed by atoms with Crippen molar-refractivity contribution < 1.29 is 28.7 Å². The summed E-state index contributed by atoms with van der Waals surface area (Å²) in [6.07, 6.45) is 2.57. The van der Waals surface area contributed by atoms with Gasteiger partial charge in [-0.25, -0.2) is 19.2 Å². The van der Waals surface area contributed by atoms with Crippen molar-refractivity contribution in [1.82, 2.24) is 34.5 Å². The number of piperazine rings is 1. The summed E-state index contributed by atoms with van der Waals surface area (Å²) in [5, 5.41) is 5.33. The molecule has 3 aliphatic heterocycles. The lowest BCUT2D eigenvalue weighted by Crippen LogP contribution is -2.60. The number of carbonyl (C=O) groups is 4. The lowest BCUT2D eigenvalue weighted by atomic mass is 9.92. The standard InChI is InChI=1S/C37H54N8O7/c1-35(2,3)51-33(49)40-37(7,8)30(46)42-19-21-43(22-20-42)31(47)38-29-15-18-44(32(48)39-29)27-11-9-25(10-12-27)23-41-16-14-28-26(24-41)13-17-45(28)34(50)52-36(4,5)6/h9-12,15,18,26,28H,13-14,16-17,19-24H2,1-8H3,(H,40,49)(H,38,39,47,48)/t26-,28+/m0/s1. The molecule has 15 nitrogen and oxygen atoms in total. The number of likely N-dealkylation sites (tertiary alicyclic amines) is 2. The fourth-order valence-corrected chi connectivity index (χ4v) is 6.95. The molecular weight excluding hydrogens is 668 g/mol. The highest BCUT2D eigenvalue weighted by atomic mass is 16.6. The maximum atomic E-state index is 13.2. The second kappa shape index (κ2) is 15.1. The summed E-state index contributed by atoms with van der Waals surface area (Å²) in [6.45, 7) is 18.6. The summed E-state index contributed by atoms with van der Waals surface area (Å²) in [6, 6.07) is 9.14. The number of anilines is 1. The Labute approximate surface area is 305 Å². The molecule has 3 fully saturated rings. The summed E-state index contributed by atoms with van der Waals surface area (Å²) >= 11 is 0. The highest BCUT2D eigenvalue weighted by Gasteiger charge is 2.42. The molecule has 3 saturated heterocycles. The van der Waals surface area contributed by atoms with Gasteiger partial charge in [0.25, 0.3) is 0 Å². The Morgan fingerprint density at radius 3 is 2.06 bits per heavy atom. The molecule has 2 aromatic rings. The molecule has 5 rings (SSSR count). The first-order valence-corrected chi connectivity index (χ1v) is 18.1. The van der Waals surface area contributed by atoms with E-state index in [0.29, 0.717) is 11.6 Å². The molecule has 15 heteroatoms. The minimum absolute atomic E-state index is 0.129. The van der Waals surface area contributed by atoms with Gasteiger partial charge in [-0.05, 0) is 97.9 Å². The van der Waals surface area contributed by atoms with Crippen molar-refractivity contribution in [1.29, 1.82) is 0 Å². The number of rotatable bonds is 6. The number of ether oxygens (including phenoxy) is 2. The van der Waals surface area contributed by atoms with Gasteiger partial charge in [-0.1, -0.05) is 12.1 Å². The van der Waals surface area contributed by atoms with E-state index in [2.05, 4.69) is 20.5 Å². The van der Waals surface area contributed by atoms with Crippen LogP contribution >= 0.6 is 0 Å². The van der Waals surface area contributed by atoms with E-state index < -0.39 is 34.6 Å². The van der Waals surface area contributed by atoms with Gasteiger partial charge in [-0.2, -0.15) is 4.98 Å². The van der Waals surface area contributed by atoms with Gasteiger partial charge in [0.15, 0.2) is 0 Å². The van der Waals surface area contributed by atoms with E-state index in [1.165, 1.54) is 4.57 Å². The lowest BCUT2D eigenvalue weighted by molar-refractivity contribution is -0.138. The molecule has 4 heterocycles. The van der Waals surface area contributed by atoms with Gasteiger partial charge >= 0.3 is 23.9 Å². The zero-order chi connectivity index (χ0) is 38.0. The number of nitrogens with zero attached hydrogens (tertiary/aromatic N) is 6. The van der Waals surface area contributed by atoms with Crippen LogP contribution in [0.15, 0.2) is 41.3 Å². The van der Waals surface area contributed by atoms with Crippen molar-refractivity contribution in [3.8, 4) is 5.69 Å². The van der Waals surface area contributed by atoms with Crippen molar-refractivity contribution in [2.24, 2.45) is 5.92 Å². The number of piperidine rings is 1. The van der Waals surface area contributed by atoms with E-state index in [-0.39, 0.29) is 50.0 Å². The number of amides is 5. The summed E-state index contributed by atoms with van der Waals surface area (Å²) in [7, 11) is 0. The van der Waals surface area contributed by atoms with E-state index >= 15 is 0 Å². The fraction of sp³-hybridized carbons (Fsp3) is 0.622. The summed E-state index contributed by atoms with van der Waals surface area (Å²) < 4.78 is 12.3. The number of aromatic nitrogens is 2. The number of nitrogens with one attached hydrogen (secondary N) is 2. The van der Waals surface area contributed by atoms with E-state index in [1.54, 1.807) is 56.7 Å². The van der Waals surface area contributed by atoms with Crippen LogP contribution in [0.4, 0.5) is 20.2 Å². The van der Waals surface area contributed by atoms with Crippen LogP contribution in [0.5, 0.6) is 0 Å². The SMILES string of the molecule is CC(C)(C)OC(=O)NC(C)(C)C(=O)N1CCN(C(=O)Nc2ccn(-c3ccc(CN4CC[C@@H]5[C@@H](CCN5C(=O)OC(C)(C)C)C4)cc3)c(=O)n2)CC1. The van der Waals surface area contributed by atoms with E-state index in [1.807, 2.05) is 49.9 Å². The van der Waals surface area contributed by atoms with Gasteiger partial charge in [0.05, 0.1) is 5.69 Å². The van der Waals surface area contributed by atoms with Gasteiger partial charge in [0, 0.05) is 64.6 Å². The molecule has 0 saturated carbocycles. The Bertz CT molecular complexity index is 1690. The molecule has 2 N–H and O–H groups in total. The Kier molecular flexibility index (Phi) is 11.2. The minimum Gasteiger partial charge on any atom is -0.444 e. The van der Waals surface area contributed by atoms with Gasteiger partial charge in [0.2, 0.25) is 5.91 Å². The molecule has 284 valence electrons. The summed E-state index contributed by atoms with van der Waals surface area (Å²) in [5.41, 5.74) is -1.14. The molecule has 0 spiro atoms. The number of benzene rings is 1. The number of fused-ring (bicyclic) bond motifs is 1. The molecule has 0 unspecified atom stereocenters. The van der Waals surface area contributed by atoms with Gasteiger partial charge in [-0.3, -0.25) is 19.6 Å². The van der Waals surface area contributed by atoms with Crippen LogP contribution in [0.1, 0.15) is 73.8 Å². The predicted octanol–water partition coefficient (Wildman–Crippen LogP) is 4.04. The second-order valence-electron chi connectivity index (χ2n) is 16.4. The Morgan fingerprint density at radius 1 is 0.808 bits per heavy atom. The first kappa shape index (κ1) is 38.6. The van der Waals surface area contributed by atoms with E-state index in [4.69, 9.17) is 9.47 Å². The number of hydrogen-bond acceptors (Lipinski definition) is 9. The third kappa shape index (κ3) is 9.81. The minimum atomic E-state index is -1.19. The maximum Gasteiger partial charge on any atom is 0.410 e. The second-order valence-corrected chi connectivity index (χ2v) is 16.4. The molecule has 5 amide bonds. The number of hydrogen-bond donors (Lipinski definition) is 2. The topological polar surface area (TPSA) is 159 Å². The average molecular weight is 723 g/mol. The normalized spacial score (nSPS) is 19.9. The predicted molar refractivity (Wildman–Crippen MR) is 195 cm³/mol. The smallest absolute Gasteiger partial charge is 0.410 e. The number of alkyl carbamates (subject to hydrolysis) is 1. The Balaban J connectivity index is 1.09. The molecule has 0 radical (unpaired) electrons. The number of carbonyl (C=O) groups excluding carboxylic acids is 4. The number of urea groups is 1. The molecular formula is C37H54N8O7. The van der Waals surface area contributed by atoms with Crippen LogP contribution in [0.2, 0.25) is 0 Å². The van der Waals surface area contributed by atoms with Crippen LogP contribution in [-0.2, 0) is 20.8 Å². The van der Waals surface area contributed by atoms with Crippen molar-refractivity contribution in [2.45, 2.75) is 97.6 Å². The zero-order valence-electron chi connectivity index (χ0n) is 31.7. The van der Waals surface area contributed by atoms with Crippen LogP contribution in [0.25, 0.3) is 5.69 Å². The van der Waals surface area contributed by atoms with E-state index in [9.17, 15) is 24.0 Å². The Morgan fingerprint density at radius 2 is 1.44 bits per heavy atom. The molecule has 1 aromatic heterocycles. The molecule has 0 bridgehead atoms. The van der Waals surface area contributed by atoms with Crippen LogP contribution in [-0.4, -0.2) is 122 Å². The lowest BCUT2D eigenvalue weighted by Gasteiger charge is -2.38.